The zero-order valence-electron chi connectivity index (χ0n) is 22.4. The van der Waals surface area contributed by atoms with Crippen LogP contribution in [0.1, 0.15) is 19.5 Å². The van der Waals surface area contributed by atoms with Gasteiger partial charge in [0.25, 0.3) is 0 Å². The van der Waals surface area contributed by atoms with Crippen molar-refractivity contribution in [1.29, 1.82) is 0 Å². The molecule has 0 unspecified atom stereocenters. The second-order valence-corrected chi connectivity index (χ2v) is 9.98. The van der Waals surface area contributed by atoms with Gasteiger partial charge in [0, 0.05) is 22.8 Å². The number of halogens is 1. The average Bonchev–Trinajstić information content (AvgIpc) is 3.23. The van der Waals surface area contributed by atoms with Crippen LogP contribution in [0.15, 0.2) is 78.9 Å². The Bertz CT molecular complexity index is 1430. The number of carbonyl (C=O) groups excluding carboxylic acids is 2. The average molecular weight is 546 g/mol. The predicted octanol–water partition coefficient (Wildman–Crippen LogP) is 6.64. The second-order valence-electron chi connectivity index (χ2n) is 9.55. The number of benzene rings is 3. The number of hydrogen-bond donors (Lipinski definition) is 2. The molecule has 4 aromatic rings. The minimum Gasteiger partial charge on any atom is -0.497 e. The number of nitrogens with zero attached hydrogens (tertiary/aromatic N) is 3. The lowest BCUT2D eigenvalue weighted by atomic mass is 10.1. The molecular weight excluding hydrogens is 514 g/mol. The molecule has 3 aromatic carbocycles. The number of rotatable bonds is 9. The molecule has 0 bridgehead atoms. The van der Waals surface area contributed by atoms with E-state index in [0.717, 1.165) is 22.5 Å². The van der Waals surface area contributed by atoms with Crippen molar-refractivity contribution < 1.29 is 14.3 Å². The van der Waals surface area contributed by atoms with Crippen molar-refractivity contribution in [3.05, 3.63) is 89.6 Å². The van der Waals surface area contributed by atoms with Crippen molar-refractivity contribution in [1.82, 2.24) is 14.7 Å². The van der Waals surface area contributed by atoms with Crippen LogP contribution in [-0.4, -0.2) is 46.8 Å². The van der Waals surface area contributed by atoms with Crippen molar-refractivity contribution in [2.75, 3.05) is 30.8 Å². The van der Waals surface area contributed by atoms with Crippen molar-refractivity contribution in [3.8, 4) is 22.6 Å². The van der Waals surface area contributed by atoms with Gasteiger partial charge in [-0.15, -0.1) is 0 Å². The first kappa shape index (κ1) is 27.7. The van der Waals surface area contributed by atoms with Gasteiger partial charge in [0.05, 0.1) is 18.5 Å². The Kier molecular flexibility index (Phi) is 8.88. The van der Waals surface area contributed by atoms with Gasteiger partial charge >= 0.3 is 6.03 Å². The molecular formula is C30H32ClN5O3. The van der Waals surface area contributed by atoms with Crippen LogP contribution in [0.4, 0.5) is 16.3 Å². The maximum absolute atomic E-state index is 13.5. The molecule has 0 aliphatic rings. The molecule has 39 heavy (non-hydrogen) atoms. The fourth-order valence-corrected chi connectivity index (χ4v) is 4.47. The number of urea groups is 1. The highest BCUT2D eigenvalue weighted by molar-refractivity contribution is 6.30. The van der Waals surface area contributed by atoms with Gasteiger partial charge < -0.3 is 20.3 Å². The highest BCUT2D eigenvalue weighted by Gasteiger charge is 2.23. The van der Waals surface area contributed by atoms with Crippen molar-refractivity contribution in [2.45, 2.75) is 20.8 Å². The molecule has 9 heteroatoms. The first-order chi connectivity index (χ1) is 18.7. The van der Waals surface area contributed by atoms with Gasteiger partial charge in [-0.3, -0.25) is 4.79 Å². The summed E-state index contributed by atoms with van der Waals surface area (Å²) in [6.45, 7) is 6.13. The van der Waals surface area contributed by atoms with Gasteiger partial charge in [0.2, 0.25) is 5.91 Å². The third kappa shape index (κ3) is 6.97. The minimum absolute atomic E-state index is 0.147. The highest BCUT2D eigenvalue weighted by Crippen LogP contribution is 2.33. The van der Waals surface area contributed by atoms with E-state index >= 15 is 0 Å². The number of anilines is 2. The predicted molar refractivity (Wildman–Crippen MR) is 156 cm³/mol. The highest BCUT2D eigenvalue weighted by atomic mass is 35.5. The molecule has 0 aliphatic carbocycles. The Labute approximate surface area is 233 Å². The topological polar surface area (TPSA) is 88.5 Å². The smallest absolute Gasteiger partial charge is 0.322 e. The normalized spacial score (nSPS) is 10.8. The molecule has 0 atom stereocenters. The van der Waals surface area contributed by atoms with E-state index in [1.165, 1.54) is 4.90 Å². The van der Waals surface area contributed by atoms with Gasteiger partial charge in [-0.25, -0.2) is 9.48 Å². The van der Waals surface area contributed by atoms with Crippen LogP contribution in [0.5, 0.6) is 5.75 Å². The van der Waals surface area contributed by atoms with Crippen molar-refractivity contribution in [2.24, 2.45) is 5.92 Å². The molecule has 0 aliphatic heterocycles. The quantitative estimate of drug-likeness (QED) is 0.247. The Balaban J connectivity index is 1.64. The van der Waals surface area contributed by atoms with Crippen LogP contribution in [0, 0.1) is 12.8 Å². The summed E-state index contributed by atoms with van der Waals surface area (Å²) in [6, 6.07) is 23.7. The number of nitrogens with one attached hydrogen (secondary N) is 2. The van der Waals surface area contributed by atoms with E-state index in [-0.39, 0.29) is 24.4 Å². The summed E-state index contributed by atoms with van der Waals surface area (Å²) in [6.07, 6.45) is 0. The maximum Gasteiger partial charge on any atom is 0.322 e. The van der Waals surface area contributed by atoms with Crippen LogP contribution < -0.4 is 15.4 Å². The molecule has 0 radical (unpaired) electrons. The van der Waals surface area contributed by atoms with Crippen molar-refractivity contribution in [3.63, 3.8) is 0 Å². The summed E-state index contributed by atoms with van der Waals surface area (Å²) < 4.78 is 7.00. The summed E-state index contributed by atoms with van der Waals surface area (Å²) in [5.41, 5.74) is 3.79. The third-order valence-corrected chi connectivity index (χ3v) is 6.22. The molecule has 0 fully saturated rings. The van der Waals surface area contributed by atoms with E-state index in [0.29, 0.717) is 28.8 Å². The van der Waals surface area contributed by atoms with Gasteiger partial charge in [-0.05, 0) is 60.9 Å². The molecule has 4 rings (SSSR count). The summed E-state index contributed by atoms with van der Waals surface area (Å²) in [5, 5.41) is 11.1. The number of aryl methyl sites for hydroxylation is 1. The first-order valence-electron chi connectivity index (χ1n) is 12.7. The molecule has 1 aromatic heterocycles. The molecule has 2 N–H and O–H groups in total. The van der Waals surface area contributed by atoms with E-state index in [1.54, 1.807) is 36.1 Å². The van der Waals surface area contributed by atoms with Crippen molar-refractivity contribution >= 4 is 35.0 Å². The van der Waals surface area contributed by atoms with E-state index in [2.05, 4.69) is 10.6 Å². The number of methoxy groups -OCH3 is 1. The van der Waals surface area contributed by atoms with E-state index in [1.807, 2.05) is 75.4 Å². The molecule has 202 valence electrons. The molecule has 1 heterocycles. The Morgan fingerprint density at radius 2 is 1.72 bits per heavy atom. The fraction of sp³-hybridized carbons (Fsp3) is 0.233. The van der Waals surface area contributed by atoms with Crippen LogP contribution in [0.25, 0.3) is 16.8 Å². The molecule has 8 nitrogen and oxygen atoms in total. The summed E-state index contributed by atoms with van der Waals surface area (Å²) in [4.78, 5) is 28.1. The lowest BCUT2D eigenvalue weighted by Crippen LogP contribution is -2.42. The Morgan fingerprint density at radius 1 is 1.00 bits per heavy atom. The monoisotopic (exact) mass is 545 g/mol. The van der Waals surface area contributed by atoms with Gasteiger partial charge in [0.15, 0.2) is 0 Å². The SMILES string of the molecule is COc1ccc(-n2nc(C)c(-c3ccccc3)c2NC(=O)CN(CC(C)C)C(=O)Nc2cccc(Cl)c2)cc1. The fourth-order valence-electron chi connectivity index (χ4n) is 4.28. The largest absolute Gasteiger partial charge is 0.497 e. The molecule has 3 amide bonds. The first-order valence-corrected chi connectivity index (χ1v) is 13.0. The van der Waals surface area contributed by atoms with E-state index in [9.17, 15) is 9.59 Å². The molecule has 0 saturated heterocycles. The van der Waals surface area contributed by atoms with E-state index in [4.69, 9.17) is 21.4 Å². The lowest BCUT2D eigenvalue weighted by Gasteiger charge is -2.24. The summed E-state index contributed by atoms with van der Waals surface area (Å²) in [7, 11) is 1.61. The standard InChI is InChI=1S/C30H32ClN5O3/c1-20(2)18-35(30(38)32-24-12-8-11-23(31)17-24)19-27(37)33-29-28(22-9-6-5-7-10-22)21(3)34-36(29)25-13-15-26(39-4)16-14-25/h5-17,20H,18-19H2,1-4H3,(H,32,38)(H,33,37). The number of amides is 3. The van der Waals surface area contributed by atoms with Gasteiger partial charge in [-0.2, -0.15) is 5.10 Å². The van der Waals surface area contributed by atoms with E-state index < -0.39 is 0 Å². The van der Waals surface area contributed by atoms with Crippen LogP contribution in [0.3, 0.4) is 0 Å². The van der Waals surface area contributed by atoms with Crippen LogP contribution in [-0.2, 0) is 4.79 Å². The minimum atomic E-state index is -0.385. The summed E-state index contributed by atoms with van der Waals surface area (Å²) >= 11 is 6.07. The molecule has 0 spiro atoms. The van der Waals surface area contributed by atoms with Gasteiger partial charge in [-0.1, -0.05) is 61.8 Å². The summed E-state index contributed by atoms with van der Waals surface area (Å²) in [5.74, 6) is 1.04. The number of carbonyl (C=O) groups is 2. The number of aromatic nitrogens is 2. The Hall–Kier alpha value is -4.30. The van der Waals surface area contributed by atoms with Crippen LogP contribution in [0.2, 0.25) is 5.02 Å². The maximum atomic E-state index is 13.5. The number of ether oxygens (including phenoxy) is 1. The van der Waals surface area contributed by atoms with Gasteiger partial charge in [0.1, 0.15) is 18.1 Å². The number of hydrogen-bond acceptors (Lipinski definition) is 4. The zero-order valence-corrected chi connectivity index (χ0v) is 23.2. The zero-order chi connectivity index (χ0) is 27.9. The third-order valence-electron chi connectivity index (χ3n) is 5.98. The second kappa shape index (κ2) is 12.5. The molecule has 0 saturated carbocycles. The lowest BCUT2D eigenvalue weighted by molar-refractivity contribution is -0.116. The Morgan fingerprint density at radius 3 is 2.36 bits per heavy atom. The van der Waals surface area contributed by atoms with Crippen LogP contribution >= 0.6 is 11.6 Å².